The zero-order chi connectivity index (χ0) is 15.1. The van der Waals surface area contributed by atoms with E-state index in [1.54, 1.807) is 0 Å². The van der Waals surface area contributed by atoms with Crippen LogP contribution in [0.15, 0.2) is 42.5 Å². The summed E-state index contributed by atoms with van der Waals surface area (Å²) >= 11 is 0. The third kappa shape index (κ3) is 5.97. The molecule has 0 radical (unpaired) electrons. The maximum Gasteiger partial charge on any atom is 0.397 e. The van der Waals surface area contributed by atoms with Gasteiger partial charge in [-0.1, -0.05) is 42.5 Å². The van der Waals surface area contributed by atoms with Crippen LogP contribution in [0.1, 0.15) is 31.2 Å². The Morgan fingerprint density at radius 1 is 1.14 bits per heavy atom. The molecule has 0 unspecified atom stereocenters. The summed E-state index contributed by atoms with van der Waals surface area (Å²) < 4.78 is 35.8. The molecule has 0 amide bonds. The highest BCUT2D eigenvalue weighted by atomic mass is 32.3. The molecule has 1 aromatic carbocycles. The van der Waals surface area contributed by atoms with Crippen LogP contribution in [-0.2, 0) is 21.1 Å². The first kappa shape index (κ1) is 16.2. The maximum atomic E-state index is 11.0. The largest absolute Gasteiger partial charge is 0.397 e. The van der Waals surface area contributed by atoms with Gasteiger partial charge < -0.3 is 5.32 Å². The van der Waals surface area contributed by atoms with Gasteiger partial charge in [0.25, 0.3) is 0 Å². The second kappa shape index (κ2) is 7.70. The summed E-state index contributed by atoms with van der Waals surface area (Å²) in [6, 6.07) is 9.78. The summed E-state index contributed by atoms with van der Waals surface area (Å²) in [7, 11) is -4.43. The van der Waals surface area contributed by atoms with Crippen LogP contribution in [0, 0.1) is 0 Å². The minimum absolute atomic E-state index is 0.114. The quantitative estimate of drug-likeness (QED) is 0.645. The Morgan fingerprint density at radius 3 is 2.48 bits per heavy atom. The van der Waals surface area contributed by atoms with Gasteiger partial charge in [-0.15, -0.1) is 0 Å². The number of allylic oxidation sites excluding steroid dienone is 2. The summed E-state index contributed by atoms with van der Waals surface area (Å²) in [5, 5.41) is 3.34. The predicted octanol–water partition coefficient (Wildman–Crippen LogP) is 2.46. The highest BCUT2D eigenvalue weighted by molar-refractivity contribution is 7.80. The van der Waals surface area contributed by atoms with E-state index < -0.39 is 16.5 Å². The zero-order valence-corrected chi connectivity index (χ0v) is 12.6. The van der Waals surface area contributed by atoms with Crippen LogP contribution in [0.25, 0.3) is 0 Å². The van der Waals surface area contributed by atoms with Crippen molar-refractivity contribution in [3.05, 3.63) is 48.0 Å². The van der Waals surface area contributed by atoms with E-state index >= 15 is 0 Å². The van der Waals surface area contributed by atoms with Gasteiger partial charge in [0.1, 0.15) is 0 Å². The number of nitrogens with one attached hydrogen (secondary N) is 1. The summed E-state index contributed by atoms with van der Waals surface area (Å²) in [6.07, 6.45) is 6.50. The van der Waals surface area contributed by atoms with Crippen LogP contribution in [0.2, 0.25) is 0 Å². The van der Waals surface area contributed by atoms with Crippen LogP contribution < -0.4 is 5.32 Å². The van der Waals surface area contributed by atoms with Gasteiger partial charge in [-0.05, 0) is 31.2 Å². The molecule has 2 atom stereocenters. The molecule has 0 spiro atoms. The molecule has 0 bridgehead atoms. The molecular formula is C15H21NO4S. The molecule has 0 fully saturated rings. The van der Waals surface area contributed by atoms with E-state index in [-0.39, 0.29) is 6.04 Å². The molecule has 1 aliphatic carbocycles. The molecule has 5 nitrogen and oxygen atoms in total. The number of hydrogen-bond donors (Lipinski definition) is 2. The summed E-state index contributed by atoms with van der Waals surface area (Å²) in [6.45, 7) is 0.639. The molecule has 0 aromatic heterocycles. The highest BCUT2D eigenvalue weighted by Gasteiger charge is 2.26. The molecule has 1 aliphatic rings. The van der Waals surface area contributed by atoms with Crippen molar-refractivity contribution in [2.45, 2.75) is 44.4 Å². The second-order valence-corrected chi connectivity index (χ2v) is 6.21. The van der Waals surface area contributed by atoms with Gasteiger partial charge in [0.2, 0.25) is 0 Å². The van der Waals surface area contributed by atoms with E-state index in [0.29, 0.717) is 13.0 Å². The Hall–Kier alpha value is -1.21. The summed E-state index contributed by atoms with van der Waals surface area (Å²) in [4.78, 5) is 0. The van der Waals surface area contributed by atoms with Crippen molar-refractivity contribution in [1.82, 2.24) is 5.32 Å². The van der Waals surface area contributed by atoms with E-state index in [0.717, 1.165) is 24.8 Å². The van der Waals surface area contributed by atoms with E-state index in [1.165, 1.54) is 0 Å². The van der Waals surface area contributed by atoms with Gasteiger partial charge >= 0.3 is 10.4 Å². The van der Waals surface area contributed by atoms with Crippen molar-refractivity contribution in [2.75, 3.05) is 0 Å². The minimum atomic E-state index is -4.43. The molecular weight excluding hydrogens is 290 g/mol. The molecule has 2 rings (SSSR count). The van der Waals surface area contributed by atoms with Crippen LogP contribution >= 0.6 is 0 Å². The van der Waals surface area contributed by atoms with Gasteiger partial charge in [0, 0.05) is 12.6 Å². The van der Waals surface area contributed by atoms with Crippen molar-refractivity contribution < 1.29 is 17.2 Å². The fourth-order valence-corrected chi connectivity index (χ4v) is 3.05. The number of rotatable bonds is 5. The lowest BCUT2D eigenvalue weighted by molar-refractivity contribution is 0.126. The lowest BCUT2D eigenvalue weighted by Crippen LogP contribution is -2.42. The molecule has 0 aliphatic heterocycles. The minimum Gasteiger partial charge on any atom is -0.307 e. The van der Waals surface area contributed by atoms with Crippen molar-refractivity contribution in [3.8, 4) is 0 Å². The first-order chi connectivity index (χ1) is 10.0. The van der Waals surface area contributed by atoms with Crippen LogP contribution in [0.5, 0.6) is 0 Å². The standard InChI is InChI=1S/C15H21NO4S/c17-21(18,19)20-15-11-7-2-1-6-10-14(15)16-12-13-8-4-3-5-9-13/h1-5,8-9,14-16H,6-7,10-12H2,(H,17,18,19)/t14-,15-/m1/s1. The van der Waals surface area contributed by atoms with Gasteiger partial charge in [0.15, 0.2) is 0 Å². The topological polar surface area (TPSA) is 75.6 Å². The molecule has 21 heavy (non-hydrogen) atoms. The van der Waals surface area contributed by atoms with Gasteiger partial charge in [-0.3, -0.25) is 4.55 Å². The first-order valence-corrected chi connectivity index (χ1v) is 8.49. The summed E-state index contributed by atoms with van der Waals surface area (Å²) in [5.41, 5.74) is 1.13. The molecule has 6 heteroatoms. The van der Waals surface area contributed by atoms with E-state index in [4.69, 9.17) is 8.74 Å². The Balaban J connectivity index is 2.01. The smallest absolute Gasteiger partial charge is 0.307 e. The van der Waals surface area contributed by atoms with Crippen molar-refractivity contribution in [3.63, 3.8) is 0 Å². The SMILES string of the molecule is O=S(=O)(O)O[C@@H]1CCC=CCC[C@H]1NCc1ccccc1. The Bertz CT molecular complexity index is 556. The van der Waals surface area contributed by atoms with Gasteiger partial charge in [0.05, 0.1) is 6.10 Å². The fourth-order valence-electron chi connectivity index (χ4n) is 2.51. The van der Waals surface area contributed by atoms with Crippen molar-refractivity contribution in [1.29, 1.82) is 0 Å². The number of hydrogen-bond acceptors (Lipinski definition) is 4. The molecule has 1 aromatic rings. The van der Waals surface area contributed by atoms with Crippen LogP contribution in [0.3, 0.4) is 0 Å². The molecule has 0 saturated carbocycles. The fraction of sp³-hybridized carbons (Fsp3) is 0.467. The van der Waals surface area contributed by atoms with Crippen molar-refractivity contribution in [2.24, 2.45) is 0 Å². The Morgan fingerprint density at radius 2 is 1.81 bits per heavy atom. The monoisotopic (exact) mass is 311 g/mol. The number of benzene rings is 1. The third-order valence-corrected chi connectivity index (χ3v) is 4.02. The zero-order valence-electron chi connectivity index (χ0n) is 11.8. The Labute approximate surface area is 126 Å². The lowest BCUT2D eigenvalue weighted by Gasteiger charge is -2.27. The first-order valence-electron chi connectivity index (χ1n) is 7.12. The van der Waals surface area contributed by atoms with Gasteiger partial charge in [-0.25, -0.2) is 4.18 Å². The highest BCUT2D eigenvalue weighted by Crippen LogP contribution is 2.18. The summed E-state index contributed by atoms with van der Waals surface area (Å²) in [5.74, 6) is 0. The average Bonchev–Trinajstić information content (AvgIpc) is 2.41. The van der Waals surface area contributed by atoms with Crippen LogP contribution in [-0.4, -0.2) is 25.1 Å². The second-order valence-electron chi connectivity index (χ2n) is 5.16. The van der Waals surface area contributed by atoms with Crippen LogP contribution in [0.4, 0.5) is 0 Å². The Kier molecular flexibility index (Phi) is 5.93. The van der Waals surface area contributed by atoms with E-state index in [2.05, 4.69) is 11.4 Å². The molecule has 116 valence electrons. The lowest BCUT2D eigenvalue weighted by atomic mass is 9.98. The molecule has 2 N–H and O–H groups in total. The van der Waals surface area contributed by atoms with E-state index in [9.17, 15) is 8.42 Å². The molecule has 0 heterocycles. The third-order valence-electron chi connectivity index (χ3n) is 3.53. The maximum absolute atomic E-state index is 11.0. The molecule has 0 saturated heterocycles. The normalized spacial score (nSPS) is 23.5. The van der Waals surface area contributed by atoms with Gasteiger partial charge in [-0.2, -0.15) is 8.42 Å². The average molecular weight is 311 g/mol. The predicted molar refractivity (Wildman–Crippen MR) is 81.1 cm³/mol. The van der Waals surface area contributed by atoms with Crippen molar-refractivity contribution >= 4 is 10.4 Å². The van der Waals surface area contributed by atoms with E-state index in [1.807, 2.05) is 36.4 Å².